The molecule has 0 bridgehead atoms. The summed E-state index contributed by atoms with van der Waals surface area (Å²) in [5.74, 6) is -5.08. The maximum atomic E-state index is 14.1. The number of cyclic esters (lactones) is 1. The SMILES string of the molecule is CC[C@H]1OC(=O)[C@H](C)[C@@H](O[C@H]2C[C@@](C)(OC)[C@@H](OC=O)[C@H](C)O2)[C@H](C)[C@@H](O[C@@H]2O[C@H](C)C[C@H](N(C)C)[C@H]2O)[C@](C)(O)C[C@@H](C)C(=O)[C@H](C)[C@@H](O)[C@]1(C)O. The van der Waals surface area contributed by atoms with Gasteiger partial charge in [-0.15, -0.1) is 0 Å². The Labute approximate surface area is 314 Å². The van der Waals surface area contributed by atoms with Crippen LogP contribution in [0.4, 0.5) is 0 Å². The van der Waals surface area contributed by atoms with Crippen LogP contribution in [0.2, 0.25) is 0 Å². The third-order valence-electron chi connectivity index (χ3n) is 12.0. The van der Waals surface area contributed by atoms with E-state index in [0.29, 0.717) is 12.9 Å². The van der Waals surface area contributed by atoms with Crippen LogP contribution >= 0.6 is 0 Å². The molecular formula is C38H67NO14. The molecule has 15 nitrogen and oxygen atoms in total. The molecule has 0 spiro atoms. The van der Waals surface area contributed by atoms with E-state index in [2.05, 4.69) is 0 Å². The van der Waals surface area contributed by atoms with Gasteiger partial charge >= 0.3 is 5.97 Å². The number of methoxy groups -OCH3 is 1. The Morgan fingerprint density at radius 2 is 1.55 bits per heavy atom. The fourth-order valence-corrected chi connectivity index (χ4v) is 8.71. The number of ether oxygens (including phenoxy) is 7. The van der Waals surface area contributed by atoms with Gasteiger partial charge in [0.25, 0.3) is 6.47 Å². The van der Waals surface area contributed by atoms with Gasteiger partial charge in [-0.05, 0) is 74.9 Å². The predicted molar refractivity (Wildman–Crippen MR) is 191 cm³/mol. The smallest absolute Gasteiger partial charge is 0.311 e. The highest BCUT2D eigenvalue weighted by Crippen LogP contribution is 2.41. The number of ketones is 1. The Bertz CT molecular complexity index is 1230. The number of hydrogen-bond acceptors (Lipinski definition) is 15. The first kappa shape index (κ1) is 45.6. The molecule has 0 aliphatic carbocycles. The molecule has 0 aromatic carbocycles. The van der Waals surface area contributed by atoms with Gasteiger partial charge in [0, 0.05) is 37.3 Å². The first-order valence-corrected chi connectivity index (χ1v) is 18.9. The van der Waals surface area contributed by atoms with Crippen LogP contribution in [0, 0.1) is 23.7 Å². The highest BCUT2D eigenvalue weighted by Gasteiger charge is 2.54. The van der Waals surface area contributed by atoms with E-state index < -0.39 is 108 Å². The summed E-state index contributed by atoms with van der Waals surface area (Å²) in [5.41, 5.74) is -4.88. The average molecular weight is 762 g/mol. The van der Waals surface area contributed by atoms with Crippen molar-refractivity contribution < 1.29 is 68.0 Å². The zero-order valence-corrected chi connectivity index (χ0v) is 33.9. The van der Waals surface area contributed by atoms with E-state index in [9.17, 15) is 34.8 Å². The fraction of sp³-hybridized carbons (Fsp3) is 0.921. The molecule has 0 radical (unpaired) electrons. The van der Waals surface area contributed by atoms with E-state index in [1.165, 1.54) is 27.9 Å². The molecule has 0 aromatic heterocycles. The van der Waals surface area contributed by atoms with Crippen molar-refractivity contribution in [1.82, 2.24) is 4.90 Å². The van der Waals surface area contributed by atoms with Gasteiger partial charge in [-0.3, -0.25) is 14.4 Å². The van der Waals surface area contributed by atoms with Gasteiger partial charge in [0.2, 0.25) is 0 Å². The lowest BCUT2D eigenvalue weighted by Crippen LogP contribution is -2.61. The van der Waals surface area contributed by atoms with Gasteiger partial charge < -0.3 is 58.5 Å². The van der Waals surface area contributed by atoms with Crippen LogP contribution in [0.3, 0.4) is 0 Å². The molecule has 18 atom stereocenters. The van der Waals surface area contributed by atoms with Gasteiger partial charge in [0.05, 0.1) is 42.0 Å². The minimum atomic E-state index is -2.01. The van der Waals surface area contributed by atoms with Crippen molar-refractivity contribution in [2.45, 2.75) is 179 Å². The fourth-order valence-electron chi connectivity index (χ4n) is 8.71. The molecule has 3 aliphatic heterocycles. The van der Waals surface area contributed by atoms with E-state index in [1.807, 2.05) is 25.9 Å². The van der Waals surface area contributed by atoms with Crippen molar-refractivity contribution in [3.05, 3.63) is 0 Å². The van der Waals surface area contributed by atoms with Crippen LogP contribution in [-0.2, 0) is 47.5 Å². The standard InChI is InChI=1S/C38H67NO14/c1-14-26-38(10,46)31(43)21(4)28(41)19(2)16-36(8,45)32(53-35-29(42)25(39(11)12)15-20(3)49-35)22(5)30(23(6)34(44)51-26)52-27-17-37(9,47-13)33(48-18-40)24(7)50-27/h18-27,29-33,35,42-43,45-46H,14-17H2,1-13H3/t19-,20-,21+,22+,23-,24+,25+,26-,27+,29-,30+,31-,32-,33+,35+,36-,37-,38-/m1/s1. The number of carbonyl (C=O) groups is 3. The van der Waals surface area contributed by atoms with Crippen LogP contribution in [0.1, 0.15) is 94.9 Å². The minimum absolute atomic E-state index is 0.0770. The first-order chi connectivity index (χ1) is 24.5. The molecule has 0 saturated carbocycles. The molecule has 53 heavy (non-hydrogen) atoms. The molecule has 3 saturated heterocycles. The summed E-state index contributed by atoms with van der Waals surface area (Å²) in [4.78, 5) is 41.2. The van der Waals surface area contributed by atoms with E-state index in [1.54, 1.807) is 41.5 Å². The van der Waals surface area contributed by atoms with Gasteiger partial charge in [-0.2, -0.15) is 0 Å². The zero-order valence-electron chi connectivity index (χ0n) is 33.9. The molecular weight excluding hydrogens is 694 g/mol. The van der Waals surface area contributed by atoms with E-state index in [-0.39, 0.29) is 31.4 Å². The maximum absolute atomic E-state index is 14.1. The summed E-state index contributed by atoms with van der Waals surface area (Å²) < 4.78 is 42.7. The van der Waals surface area contributed by atoms with Crippen LogP contribution in [0.5, 0.6) is 0 Å². The highest BCUT2D eigenvalue weighted by molar-refractivity contribution is 5.83. The average Bonchev–Trinajstić information content (AvgIpc) is 3.08. The largest absolute Gasteiger partial charge is 0.459 e. The summed E-state index contributed by atoms with van der Waals surface area (Å²) in [6, 6.07) is -0.338. The summed E-state index contributed by atoms with van der Waals surface area (Å²) in [5, 5.41) is 46.9. The lowest BCUT2D eigenvalue weighted by molar-refractivity contribution is -0.318. The molecule has 3 aliphatic rings. The second-order valence-corrected chi connectivity index (χ2v) is 16.7. The van der Waals surface area contributed by atoms with E-state index in [0.717, 1.165) is 0 Å². The van der Waals surface area contributed by atoms with Crippen molar-refractivity contribution in [2.24, 2.45) is 23.7 Å². The van der Waals surface area contributed by atoms with Crippen molar-refractivity contribution in [1.29, 1.82) is 0 Å². The Morgan fingerprint density at radius 3 is 2.09 bits per heavy atom. The molecule has 0 unspecified atom stereocenters. The van der Waals surface area contributed by atoms with Crippen molar-refractivity contribution in [2.75, 3.05) is 21.2 Å². The Kier molecular flexibility index (Phi) is 15.5. The second-order valence-electron chi connectivity index (χ2n) is 16.7. The maximum Gasteiger partial charge on any atom is 0.311 e. The number of Topliss-reactive ketones (excluding diaryl/α,β-unsaturated/α-hetero) is 1. The molecule has 3 fully saturated rings. The van der Waals surface area contributed by atoms with Crippen LogP contribution in [-0.4, -0.2) is 149 Å². The minimum Gasteiger partial charge on any atom is -0.459 e. The monoisotopic (exact) mass is 761 g/mol. The van der Waals surface area contributed by atoms with Crippen molar-refractivity contribution >= 4 is 18.2 Å². The Hall–Kier alpha value is -1.79. The van der Waals surface area contributed by atoms with E-state index in [4.69, 9.17) is 33.2 Å². The zero-order chi connectivity index (χ0) is 40.4. The summed E-state index contributed by atoms with van der Waals surface area (Å²) in [6.07, 6.45) is -9.72. The number of rotatable bonds is 9. The molecule has 4 N–H and O–H groups in total. The van der Waals surface area contributed by atoms with Crippen molar-refractivity contribution in [3.8, 4) is 0 Å². The lowest BCUT2D eigenvalue weighted by atomic mass is 9.74. The predicted octanol–water partition coefficient (Wildman–Crippen LogP) is 1.97. The Balaban J connectivity index is 2.19. The topological polar surface area (TPSA) is 200 Å². The third kappa shape index (κ3) is 9.97. The number of aliphatic hydroxyl groups excluding tert-OH is 2. The van der Waals surface area contributed by atoms with Gasteiger partial charge in [-0.25, -0.2) is 0 Å². The van der Waals surface area contributed by atoms with Crippen molar-refractivity contribution in [3.63, 3.8) is 0 Å². The summed E-state index contributed by atoms with van der Waals surface area (Å²) in [7, 11) is 5.16. The lowest BCUT2D eigenvalue weighted by Gasteiger charge is -2.49. The third-order valence-corrected chi connectivity index (χ3v) is 12.0. The normalized spacial score (nSPS) is 48.2. The van der Waals surface area contributed by atoms with Gasteiger partial charge in [0.15, 0.2) is 18.7 Å². The number of nitrogens with zero attached hydrogens (tertiary/aromatic N) is 1. The Morgan fingerprint density at radius 1 is 0.925 bits per heavy atom. The van der Waals surface area contributed by atoms with Crippen LogP contribution in [0.25, 0.3) is 0 Å². The van der Waals surface area contributed by atoms with Gasteiger partial charge in [-0.1, -0.05) is 27.7 Å². The van der Waals surface area contributed by atoms with E-state index >= 15 is 0 Å². The highest BCUT2D eigenvalue weighted by atomic mass is 16.7. The second kappa shape index (κ2) is 18.0. The number of esters is 1. The molecule has 3 heterocycles. The van der Waals surface area contributed by atoms with Crippen LogP contribution < -0.4 is 0 Å². The summed E-state index contributed by atoms with van der Waals surface area (Å²) in [6.45, 7) is 16.6. The number of aliphatic hydroxyl groups is 4. The van der Waals surface area contributed by atoms with Gasteiger partial charge in [0.1, 0.15) is 29.2 Å². The number of carbonyl (C=O) groups excluding carboxylic acids is 3. The number of hydrogen-bond donors (Lipinski definition) is 4. The molecule has 15 heteroatoms. The molecule has 3 rings (SSSR count). The quantitative estimate of drug-likeness (QED) is 0.196. The first-order valence-electron chi connectivity index (χ1n) is 18.9. The number of likely N-dealkylation sites (N-methyl/N-ethyl adjacent to an activating group) is 1. The van der Waals surface area contributed by atoms with Crippen LogP contribution in [0.15, 0.2) is 0 Å². The molecule has 0 amide bonds. The molecule has 308 valence electrons. The molecule has 0 aromatic rings. The summed E-state index contributed by atoms with van der Waals surface area (Å²) >= 11 is 0.